The molecule has 0 spiro atoms. The zero-order valence-electron chi connectivity index (χ0n) is 15.5. The molecule has 2 aromatic rings. The van der Waals surface area contributed by atoms with Gasteiger partial charge in [0, 0.05) is 12.2 Å². The topological polar surface area (TPSA) is 57.3 Å². The number of benzene rings is 1. The summed E-state index contributed by atoms with van der Waals surface area (Å²) in [6.45, 7) is 5.94. The third-order valence-corrected chi connectivity index (χ3v) is 3.93. The second kappa shape index (κ2) is 9.18. The smallest absolute Gasteiger partial charge is 0.269 e. The van der Waals surface area contributed by atoms with Gasteiger partial charge in [-0.2, -0.15) is 0 Å². The van der Waals surface area contributed by atoms with Crippen LogP contribution in [-0.4, -0.2) is 43.0 Å². The van der Waals surface area contributed by atoms with E-state index in [1.807, 2.05) is 32.3 Å². The van der Waals surface area contributed by atoms with Gasteiger partial charge in [-0.1, -0.05) is 32.0 Å². The van der Waals surface area contributed by atoms with Gasteiger partial charge in [-0.05, 0) is 56.7 Å². The normalized spacial score (nSPS) is 11.0. The fraction of sp³-hybridized carbons (Fsp3) is 0.400. The Labute approximate surface area is 150 Å². The molecule has 0 aliphatic heterocycles. The van der Waals surface area contributed by atoms with Crippen molar-refractivity contribution in [2.24, 2.45) is 0 Å². The molecular formula is C20H28N4O. The van der Waals surface area contributed by atoms with E-state index in [4.69, 9.17) is 0 Å². The molecule has 1 amide bonds. The summed E-state index contributed by atoms with van der Waals surface area (Å²) in [5, 5.41) is 6.28. The SMILES string of the molecule is CC(C)c1ccccc1Nc1ccc(C(=O)NCCCN(C)C)nc1. The number of nitrogens with zero attached hydrogens (tertiary/aromatic N) is 2. The zero-order chi connectivity index (χ0) is 18.2. The average molecular weight is 340 g/mol. The minimum Gasteiger partial charge on any atom is -0.354 e. The standard InChI is InChI=1S/C20H28N4O/c1-15(2)17-8-5-6-9-18(17)23-16-10-11-19(22-14-16)20(25)21-12-7-13-24(3)4/h5-6,8-11,14-15,23H,7,12-13H2,1-4H3,(H,21,25). The van der Waals surface area contributed by atoms with Gasteiger partial charge in [0.1, 0.15) is 5.69 Å². The lowest BCUT2D eigenvalue weighted by atomic mass is 10.0. The van der Waals surface area contributed by atoms with Crippen LogP contribution in [0, 0.1) is 0 Å². The monoisotopic (exact) mass is 340 g/mol. The molecule has 0 bridgehead atoms. The van der Waals surface area contributed by atoms with Gasteiger partial charge in [0.05, 0.1) is 11.9 Å². The number of pyridine rings is 1. The van der Waals surface area contributed by atoms with Crippen molar-refractivity contribution in [3.8, 4) is 0 Å². The summed E-state index contributed by atoms with van der Waals surface area (Å²) >= 11 is 0. The molecule has 0 atom stereocenters. The Kier molecular flexibility index (Phi) is 6.95. The number of carbonyl (C=O) groups is 1. The lowest BCUT2D eigenvalue weighted by Crippen LogP contribution is -2.27. The Morgan fingerprint density at radius 3 is 2.56 bits per heavy atom. The number of hydrogen-bond acceptors (Lipinski definition) is 4. The molecule has 25 heavy (non-hydrogen) atoms. The molecule has 5 heteroatoms. The number of nitrogens with one attached hydrogen (secondary N) is 2. The van der Waals surface area contributed by atoms with E-state index in [0.29, 0.717) is 18.2 Å². The second-order valence-electron chi connectivity index (χ2n) is 6.71. The minimum absolute atomic E-state index is 0.132. The van der Waals surface area contributed by atoms with Crippen molar-refractivity contribution in [3.05, 3.63) is 53.9 Å². The van der Waals surface area contributed by atoms with E-state index in [1.54, 1.807) is 12.3 Å². The Balaban J connectivity index is 1.95. The van der Waals surface area contributed by atoms with Crippen molar-refractivity contribution in [2.75, 3.05) is 32.5 Å². The maximum absolute atomic E-state index is 12.1. The van der Waals surface area contributed by atoms with Crippen molar-refractivity contribution in [1.29, 1.82) is 0 Å². The molecule has 1 aromatic heterocycles. The Morgan fingerprint density at radius 1 is 1.16 bits per heavy atom. The predicted molar refractivity (Wildman–Crippen MR) is 104 cm³/mol. The number of carbonyl (C=O) groups excluding carboxylic acids is 1. The van der Waals surface area contributed by atoms with Crippen LogP contribution < -0.4 is 10.6 Å². The molecule has 2 rings (SSSR count). The van der Waals surface area contributed by atoms with Crippen LogP contribution in [0.1, 0.15) is 42.2 Å². The maximum atomic E-state index is 12.1. The van der Waals surface area contributed by atoms with E-state index < -0.39 is 0 Å². The summed E-state index contributed by atoms with van der Waals surface area (Å²) in [5.74, 6) is 0.303. The molecule has 0 saturated carbocycles. The highest BCUT2D eigenvalue weighted by Gasteiger charge is 2.08. The van der Waals surface area contributed by atoms with Crippen molar-refractivity contribution >= 4 is 17.3 Å². The number of amides is 1. The first-order valence-electron chi connectivity index (χ1n) is 8.72. The summed E-state index contributed by atoms with van der Waals surface area (Å²) < 4.78 is 0. The van der Waals surface area contributed by atoms with Crippen LogP contribution in [0.2, 0.25) is 0 Å². The molecule has 0 aliphatic carbocycles. The average Bonchev–Trinajstić information content (AvgIpc) is 2.59. The van der Waals surface area contributed by atoms with Crippen LogP contribution >= 0.6 is 0 Å². The minimum atomic E-state index is -0.132. The van der Waals surface area contributed by atoms with Gasteiger partial charge in [0.15, 0.2) is 0 Å². The molecule has 0 unspecified atom stereocenters. The van der Waals surface area contributed by atoms with Crippen molar-refractivity contribution in [1.82, 2.24) is 15.2 Å². The second-order valence-corrected chi connectivity index (χ2v) is 6.71. The Morgan fingerprint density at radius 2 is 1.92 bits per heavy atom. The van der Waals surface area contributed by atoms with Crippen LogP contribution in [-0.2, 0) is 0 Å². The Hall–Kier alpha value is -2.40. The number of hydrogen-bond donors (Lipinski definition) is 2. The van der Waals surface area contributed by atoms with Crippen LogP contribution in [0.4, 0.5) is 11.4 Å². The zero-order valence-corrected chi connectivity index (χ0v) is 15.5. The van der Waals surface area contributed by atoms with Crippen LogP contribution in [0.15, 0.2) is 42.6 Å². The Bertz CT molecular complexity index is 680. The lowest BCUT2D eigenvalue weighted by molar-refractivity contribution is 0.0947. The van der Waals surface area contributed by atoms with Gasteiger partial charge in [0.25, 0.3) is 5.91 Å². The first-order chi connectivity index (χ1) is 12.0. The van der Waals surface area contributed by atoms with E-state index in [0.717, 1.165) is 24.3 Å². The first-order valence-corrected chi connectivity index (χ1v) is 8.72. The van der Waals surface area contributed by atoms with Crippen LogP contribution in [0.5, 0.6) is 0 Å². The van der Waals surface area contributed by atoms with E-state index in [9.17, 15) is 4.79 Å². The number of para-hydroxylation sites is 1. The fourth-order valence-corrected chi connectivity index (χ4v) is 2.56. The predicted octanol–water partition coefficient (Wildman–Crippen LogP) is 3.63. The molecule has 134 valence electrons. The highest BCUT2D eigenvalue weighted by atomic mass is 16.1. The maximum Gasteiger partial charge on any atom is 0.269 e. The number of aromatic nitrogens is 1. The van der Waals surface area contributed by atoms with E-state index >= 15 is 0 Å². The summed E-state index contributed by atoms with van der Waals surface area (Å²) in [6.07, 6.45) is 2.62. The molecule has 0 saturated heterocycles. The van der Waals surface area contributed by atoms with Crippen molar-refractivity contribution in [3.63, 3.8) is 0 Å². The quantitative estimate of drug-likeness (QED) is 0.721. The van der Waals surface area contributed by atoms with Gasteiger partial charge in [-0.25, -0.2) is 4.98 Å². The third kappa shape index (κ3) is 5.87. The number of anilines is 2. The third-order valence-electron chi connectivity index (χ3n) is 3.93. The molecular weight excluding hydrogens is 312 g/mol. The fourth-order valence-electron chi connectivity index (χ4n) is 2.56. The van der Waals surface area contributed by atoms with Crippen molar-refractivity contribution in [2.45, 2.75) is 26.2 Å². The summed E-state index contributed by atoms with van der Waals surface area (Å²) in [4.78, 5) is 18.5. The summed E-state index contributed by atoms with van der Waals surface area (Å²) in [5.41, 5.74) is 3.63. The van der Waals surface area contributed by atoms with Crippen molar-refractivity contribution < 1.29 is 4.79 Å². The molecule has 2 N–H and O–H groups in total. The molecule has 1 aromatic carbocycles. The first kappa shape index (κ1) is 18.9. The molecule has 0 aliphatic rings. The highest BCUT2D eigenvalue weighted by Crippen LogP contribution is 2.26. The molecule has 0 radical (unpaired) electrons. The highest BCUT2D eigenvalue weighted by molar-refractivity contribution is 5.92. The van der Waals surface area contributed by atoms with Gasteiger partial charge >= 0.3 is 0 Å². The van der Waals surface area contributed by atoms with E-state index in [1.165, 1.54) is 5.56 Å². The van der Waals surface area contributed by atoms with Gasteiger partial charge in [0.2, 0.25) is 0 Å². The summed E-state index contributed by atoms with van der Waals surface area (Å²) in [7, 11) is 4.04. The number of rotatable bonds is 8. The van der Waals surface area contributed by atoms with E-state index in [2.05, 4.69) is 46.5 Å². The van der Waals surface area contributed by atoms with Gasteiger partial charge < -0.3 is 15.5 Å². The van der Waals surface area contributed by atoms with Crippen LogP contribution in [0.3, 0.4) is 0 Å². The van der Waals surface area contributed by atoms with E-state index in [-0.39, 0.29) is 5.91 Å². The molecule has 0 fully saturated rings. The largest absolute Gasteiger partial charge is 0.354 e. The van der Waals surface area contributed by atoms with Crippen LogP contribution in [0.25, 0.3) is 0 Å². The lowest BCUT2D eigenvalue weighted by Gasteiger charge is -2.14. The molecule has 5 nitrogen and oxygen atoms in total. The van der Waals surface area contributed by atoms with Gasteiger partial charge in [-0.3, -0.25) is 4.79 Å². The molecule has 1 heterocycles. The summed E-state index contributed by atoms with van der Waals surface area (Å²) in [6, 6.07) is 11.9. The van der Waals surface area contributed by atoms with Gasteiger partial charge in [-0.15, -0.1) is 0 Å².